The summed E-state index contributed by atoms with van der Waals surface area (Å²) < 4.78 is 66.2. The second-order valence-electron chi connectivity index (χ2n) is 23.6. The fourth-order valence-electron chi connectivity index (χ4n) is 14.1. The quantitative estimate of drug-likeness (QED) is 0.0190. The predicted molar refractivity (Wildman–Crippen MR) is 328 cm³/mol. The Balaban J connectivity index is 1.14. The molecule has 12 rings (SSSR count). The standard InChI is InChI=1S/C69H68O28/c1-87-63(82)50(24-31-7-14-40(70)45(75)21-31)93-53(80)19-12-36-27-38-55(34-10-17-43(73)48(78)29-34)57(66(85)90-4)59(36)68(91-5)61(38)97-69(92-6)60-37(13-20-54(81)94-51(64(83)88-2)25-32-8-15-41(71)46(76)22-32)28-39(62(69)96-68)56(35-11-18-44(74)49(79)30-35)58(60)67(86)95-52(65(84)89-3)26-33-9-16-42(72)47(77)23-33/h7-23,27-30,38-39,50-52,55-62,70-79H,24-26H2,1-6H3/b19-12+,20-13-/t38-,39-,50?,51?,52?,55-,56-,57+,58+,59+,60+,61-,62-,68+,69+/m0/s1. The average Bonchev–Trinajstić information content (AvgIpc) is 0.663. The fourth-order valence-corrected chi connectivity index (χ4v) is 14.1. The average molecular weight is 1350 g/mol. The Morgan fingerprint density at radius 2 is 0.732 bits per heavy atom. The van der Waals surface area contributed by atoms with E-state index in [0.717, 1.165) is 89.1 Å². The lowest BCUT2D eigenvalue weighted by molar-refractivity contribution is -0.482. The van der Waals surface area contributed by atoms with E-state index in [-0.39, 0.29) is 51.8 Å². The highest BCUT2D eigenvalue weighted by molar-refractivity contribution is 5.88. The van der Waals surface area contributed by atoms with Gasteiger partial charge in [0.2, 0.25) is 29.9 Å². The van der Waals surface area contributed by atoms with Crippen LogP contribution < -0.4 is 0 Å². The van der Waals surface area contributed by atoms with E-state index < -0.39 is 195 Å². The molecule has 0 radical (unpaired) electrons. The summed E-state index contributed by atoms with van der Waals surface area (Å²) in [5, 5.41) is 105. The number of ether oxygens (including phenoxy) is 11. The first-order valence-electron chi connectivity index (χ1n) is 30.0. The maximum atomic E-state index is 15.9. The third-order valence-electron chi connectivity index (χ3n) is 18.3. The molecule has 0 aromatic heterocycles. The van der Waals surface area contributed by atoms with E-state index in [2.05, 4.69) is 0 Å². The number of hydrogen-bond donors (Lipinski definition) is 10. The first-order chi connectivity index (χ1) is 46.2. The van der Waals surface area contributed by atoms with E-state index in [1.165, 1.54) is 68.8 Å². The van der Waals surface area contributed by atoms with Crippen molar-refractivity contribution in [1.82, 2.24) is 0 Å². The first-order valence-corrected chi connectivity index (χ1v) is 30.0. The van der Waals surface area contributed by atoms with Gasteiger partial charge < -0.3 is 103 Å². The second-order valence-corrected chi connectivity index (χ2v) is 23.6. The summed E-state index contributed by atoms with van der Waals surface area (Å²) in [6, 6.07) is 18.4. The zero-order valence-corrected chi connectivity index (χ0v) is 52.6. The smallest absolute Gasteiger partial charge is 0.347 e. The Morgan fingerprint density at radius 3 is 1.04 bits per heavy atom. The highest BCUT2D eigenvalue weighted by Crippen LogP contribution is 2.69. The van der Waals surface area contributed by atoms with E-state index in [1.54, 1.807) is 12.2 Å². The molecule has 512 valence electrons. The van der Waals surface area contributed by atoms with Crippen molar-refractivity contribution in [2.45, 2.75) is 73.2 Å². The summed E-state index contributed by atoms with van der Waals surface area (Å²) in [6.07, 6.45) is -1.79. The summed E-state index contributed by atoms with van der Waals surface area (Å²) in [5.41, 5.74) is 1.19. The zero-order valence-electron chi connectivity index (χ0n) is 52.6. The molecule has 10 N–H and O–H groups in total. The molecule has 28 heteroatoms. The molecule has 15 atom stereocenters. The van der Waals surface area contributed by atoms with Crippen LogP contribution in [0.1, 0.15) is 39.7 Å². The molecule has 97 heavy (non-hydrogen) atoms. The fraction of sp³-hybridized carbons (Fsp3) is 0.348. The van der Waals surface area contributed by atoms with Gasteiger partial charge in [-0.25, -0.2) is 24.0 Å². The molecule has 1 saturated heterocycles. The summed E-state index contributed by atoms with van der Waals surface area (Å²) in [6.45, 7) is 0. The SMILES string of the molecule is COC(=O)C(Cc1ccc(O)c(O)c1)OC(=O)/C=C\C1=C[C@H]2[C@H](c3ccc(O)c(O)c3)[C@@H](C(=O)OC(Cc3ccc(O)c(O)c3)C(=O)OC)[C@@H]1[C@@]1(OC)O[C@H]3[C@H]4C=C(/C=C/C(=O)OC(Cc5ccc(O)c(O)c5)C(=O)OC)[C@H]([C@H](C(=O)OC)[C@H]4c4ccc(O)c(O)c4)[C@@]3(OC)O[C@@H]21. The van der Waals surface area contributed by atoms with Crippen molar-refractivity contribution in [3.05, 3.63) is 166 Å². The number of carbonyl (C=O) groups is 7. The van der Waals surface area contributed by atoms with Gasteiger partial charge in [-0.3, -0.25) is 9.59 Å². The highest BCUT2D eigenvalue weighted by atomic mass is 16.8. The molecule has 5 aromatic rings. The van der Waals surface area contributed by atoms with Crippen LogP contribution >= 0.6 is 0 Å². The van der Waals surface area contributed by atoms with Gasteiger partial charge in [-0.15, -0.1) is 0 Å². The summed E-state index contributed by atoms with van der Waals surface area (Å²) in [4.78, 5) is 99.1. The highest BCUT2D eigenvalue weighted by Gasteiger charge is 2.77. The molecule has 3 fully saturated rings. The number of aromatic hydroxyl groups is 10. The van der Waals surface area contributed by atoms with Crippen LogP contribution in [0.15, 0.2) is 139 Å². The number of carbonyl (C=O) groups excluding carboxylic acids is 7. The molecule has 0 spiro atoms. The Morgan fingerprint density at radius 1 is 0.412 bits per heavy atom. The number of benzene rings is 5. The lowest BCUT2D eigenvalue weighted by Gasteiger charge is -2.69. The molecule has 0 amide bonds. The van der Waals surface area contributed by atoms with Gasteiger partial charge in [-0.2, -0.15) is 0 Å². The number of rotatable bonds is 22. The Hall–Kier alpha value is -10.8. The number of phenolic OH excluding ortho intramolecular Hbond substituents is 10. The van der Waals surface area contributed by atoms with E-state index in [0.29, 0.717) is 0 Å². The lowest BCUT2D eigenvalue weighted by atomic mass is 9.50. The van der Waals surface area contributed by atoms with Crippen LogP contribution in [0.25, 0.3) is 0 Å². The molecule has 3 unspecified atom stereocenters. The van der Waals surface area contributed by atoms with Gasteiger partial charge in [0, 0.05) is 69.3 Å². The molecule has 1 aliphatic heterocycles. The van der Waals surface area contributed by atoms with E-state index in [9.17, 15) is 79.8 Å². The molecular weight excluding hydrogens is 1280 g/mol. The number of allylic oxidation sites excluding steroid dienone is 2. The van der Waals surface area contributed by atoms with Crippen LogP contribution in [0.4, 0.5) is 0 Å². The van der Waals surface area contributed by atoms with Crippen LogP contribution in [0.3, 0.4) is 0 Å². The lowest BCUT2D eigenvalue weighted by Crippen LogP contribution is -2.80. The molecule has 5 aromatic carbocycles. The minimum Gasteiger partial charge on any atom is -0.504 e. The largest absolute Gasteiger partial charge is 0.504 e. The van der Waals surface area contributed by atoms with E-state index in [1.807, 2.05) is 0 Å². The number of fused-ring (bicyclic) bond motifs is 2. The van der Waals surface area contributed by atoms with Crippen molar-refractivity contribution < 1.29 is 137 Å². The molecule has 6 aliphatic carbocycles. The second kappa shape index (κ2) is 27.9. The number of methoxy groups -OCH3 is 6. The van der Waals surface area contributed by atoms with Gasteiger partial charge in [0.1, 0.15) is 12.2 Å². The summed E-state index contributed by atoms with van der Waals surface area (Å²) in [5.74, 6) is -28.8. The maximum Gasteiger partial charge on any atom is 0.347 e. The van der Waals surface area contributed by atoms with Gasteiger partial charge in [-0.1, -0.05) is 54.6 Å². The first kappa shape index (κ1) is 69.0. The molecule has 2 saturated carbocycles. The van der Waals surface area contributed by atoms with Crippen molar-refractivity contribution in [3.8, 4) is 57.5 Å². The van der Waals surface area contributed by atoms with Crippen LogP contribution in [0.5, 0.6) is 57.5 Å². The summed E-state index contributed by atoms with van der Waals surface area (Å²) >= 11 is 0. The minimum absolute atomic E-state index is 0.0458. The van der Waals surface area contributed by atoms with Crippen LogP contribution in [0, 0.1) is 35.5 Å². The Bertz CT molecular complexity index is 4060. The van der Waals surface area contributed by atoms with Crippen LogP contribution in [-0.4, -0.2) is 178 Å². The normalized spacial score (nSPS) is 26.0. The number of phenols is 10. The van der Waals surface area contributed by atoms with Gasteiger partial charge in [-0.05, 0) is 99.6 Å². The van der Waals surface area contributed by atoms with Crippen LogP contribution in [-0.2, 0) is 105 Å². The van der Waals surface area contributed by atoms with Crippen LogP contribution in [0.2, 0.25) is 0 Å². The van der Waals surface area contributed by atoms with Gasteiger partial charge >= 0.3 is 41.8 Å². The molecule has 28 nitrogen and oxygen atoms in total. The Kier molecular flexibility index (Phi) is 19.8. The molecule has 1 heterocycles. The maximum absolute atomic E-state index is 15.9. The topological polar surface area (TPSA) is 423 Å². The van der Waals surface area contributed by atoms with Crippen molar-refractivity contribution >= 4 is 41.8 Å². The predicted octanol–water partition coefficient (Wildman–Crippen LogP) is 4.95. The third-order valence-corrected chi connectivity index (χ3v) is 18.3. The molecular formula is C69H68O28. The third kappa shape index (κ3) is 13.1. The monoisotopic (exact) mass is 1340 g/mol. The number of hydrogen-bond acceptors (Lipinski definition) is 28. The Labute approximate surface area is 551 Å². The molecule has 7 aliphatic rings. The van der Waals surface area contributed by atoms with Crippen molar-refractivity contribution in [2.75, 3.05) is 42.7 Å². The van der Waals surface area contributed by atoms with Gasteiger partial charge in [0.05, 0.1) is 52.1 Å². The van der Waals surface area contributed by atoms with Crippen molar-refractivity contribution in [1.29, 1.82) is 0 Å². The van der Waals surface area contributed by atoms with E-state index in [4.69, 9.17) is 52.1 Å². The zero-order chi connectivity index (χ0) is 70.1. The van der Waals surface area contributed by atoms with Gasteiger partial charge in [0.15, 0.2) is 57.5 Å². The minimum atomic E-state index is -2.33. The number of esters is 7. The van der Waals surface area contributed by atoms with Gasteiger partial charge in [0.25, 0.3) is 0 Å². The van der Waals surface area contributed by atoms with Crippen molar-refractivity contribution in [3.63, 3.8) is 0 Å². The van der Waals surface area contributed by atoms with E-state index >= 15 is 4.79 Å². The van der Waals surface area contributed by atoms with Crippen molar-refractivity contribution in [2.24, 2.45) is 35.5 Å². The summed E-state index contributed by atoms with van der Waals surface area (Å²) in [7, 11) is 6.69. The molecule has 4 bridgehead atoms.